The molecule has 2 aliphatic rings. The molecule has 2 aromatic rings. The fraction of sp³-hybridized carbons (Fsp3) is 0.600. The molecule has 2 saturated heterocycles. The summed E-state index contributed by atoms with van der Waals surface area (Å²) in [5, 5.41) is 21.6. The second-order valence-corrected chi connectivity index (χ2v) is 9.22. The van der Waals surface area contributed by atoms with Crippen LogP contribution in [0.5, 0.6) is 0 Å². The van der Waals surface area contributed by atoms with Gasteiger partial charge in [0, 0.05) is 49.9 Å². The first kappa shape index (κ1) is 29.5. The van der Waals surface area contributed by atoms with Crippen molar-refractivity contribution in [1.29, 1.82) is 0 Å². The maximum absolute atomic E-state index is 10.6. The lowest BCUT2D eigenvalue weighted by atomic mass is 10.0. The van der Waals surface area contributed by atoms with Crippen LogP contribution in [0.15, 0.2) is 16.1 Å². The summed E-state index contributed by atoms with van der Waals surface area (Å²) in [6, 6.07) is 0. The zero-order chi connectivity index (χ0) is 27.3. The summed E-state index contributed by atoms with van der Waals surface area (Å²) in [4.78, 5) is 27.3. The predicted octanol–water partition coefficient (Wildman–Crippen LogP) is 3.58. The van der Waals surface area contributed by atoms with Crippen molar-refractivity contribution in [3.8, 4) is 0 Å². The van der Waals surface area contributed by atoms with E-state index >= 15 is 0 Å². The molecular weight excluding hydrogens is 522 g/mol. The van der Waals surface area contributed by atoms with Crippen LogP contribution < -0.4 is 0 Å². The molecule has 9 nitrogen and oxygen atoms in total. The van der Waals surface area contributed by atoms with Gasteiger partial charge in [0.25, 0.3) is 0 Å². The van der Waals surface area contributed by atoms with Crippen molar-refractivity contribution < 1.29 is 50.7 Å². The van der Waals surface area contributed by atoms with Gasteiger partial charge in [-0.25, -0.2) is 14.6 Å². The Morgan fingerprint density at radius 2 is 1.42 bits per heavy atom. The summed E-state index contributed by atoms with van der Waals surface area (Å²) in [6.45, 7) is 10.9. The van der Waals surface area contributed by atoms with Crippen molar-refractivity contribution in [2.45, 2.75) is 39.3 Å². The first-order valence-corrected chi connectivity index (χ1v) is 11.3. The van der Waals surface area contributed by atoms with E-state index in [2.05, 4.69) is 25.3 Å². The average molecular weight is 546 g/mol. The van der Waals surface area contributed by atoms with Gasteiger partial charge in [0.2, 0.25) is 0 Å². The molecule has 202 valence electrons. The molecule has 0 saturated carbocycles. The van der Waals surface area contributed by atoms with Crippen LogP contribution in [0.1, 0.15) is 22.0 Å². The molecule has 0 bridgehead atoms. The topological polar surface area (TPSA) is 120 Å². The van der Waals surface area contributed by atoms with Crippen molar-refractivity contribution >= 4 is 23.3 Å². The zero-order valence-electron chi connectivity index (χ0n) is 19.1. The molecule has 0 radical (unpaired) electrons. The number of aromatic nitrogens is 2. The lowest BCUT2D eigenvalue weighted by Crippen LogP contribution is -2.28. The number of carbonyl (C=O) groups is 2. The summed E-state index contributed by atoms with van der Waals surface area (Å²) in [7, 11) is 0. The smallest absolute Gasteiger partial charge is 0.475 e. The van der Waals surface area contributed by atoms with E-state index in [4.69, 9.17) is 24.3 Å². The lowest BCUT2D eigenvalue weighted by Gasteiger charge is -2.20. The van der Waals surface area contributed by atoms with Crippen LogP contribution >= 0.6 is 11.3 Å². The standard InChI is InChI=1S/C16H22N4OS.2C2HF3O2/c1-11-15(12(2)21-18-11)9-19-5-13-7-20(8-14(13)6-19)10-16-17-3-4-22-16;2*3-2(4,5)1(6)7/h3-4,13-14H,5-10H2,1-2H3;2*(H,6,7)/t13-,14+;;. The predicted molar refractivity (Wildman–Crippen MR) is 113 cm³/mol. The molecular formula is C20H24F6N4O5S. The van der Waals surface area contributed by atoms with Crippen molar-refractivity contribution in [3.63, 3.8) is 0 Å². The van der Waals surface area contributed by atoms with E-state index in [9.17, 15) is 26.3 Å². The highest BCUT2D eigenvalue weighted by Gasteiger charge is 2.40. The molecule has 2 atom stereocenters. The summed E-state index contributed by atoms with van der Waals surface area (Å²) in [6.07, 6.45) is -8.26. The van der Waals surface area contributed by atoms with Gasteiger partial charge in [0.15, 0.2) is 0 Å². The Bertz CT molecular complexity index is 954. The molecule has 2 aromatic heterocycles. The normalized spacial score (nSPS) is 20.2. The number of hydrogen-bond donors (Lipinski definition) is 2. The van der Waals surface area contributed by atoms with E-state index in [0.29, 0.717) is 0 Å². The third kappa shape index (κ3) is 8.74. The van der Waals surface area contributed by atoms with Crippen LogP contribution in [0.2, 0.25) is 0 Å². The molecule has 2 fully saturated rings. The minimum atomic E-state index is -5.08. The van der Waals surface area contributed by atoms with Gasteiger partial charge in [-0.3, -0.25) is 9.80 Å². The van der Waals surface area contributed by atoms with Gasteiger partial charge in [-0.15, -0.1) is 11.3 Å². The molecule has 2 aliphatic heterocycles. The van der Waals surface area contributed by atoms with Gasteiger partial charge in [0.1, 0.15) is 10.8 Å². The van der Waals surface area contributed by atoms with E-state index in [1.807, 2.05) is 20.0 Å². The maximum Gasteiger partial charge on any atom is 0.490 e. The fourth-order valence-electron chi connectivity index (χ4n) is 3.92. The van der Waals surface area contributed by atoms with Gasteiger partial charge in [-0.1, -0.05) is 5.16 Å². The van der Waals surface area contributed by atoms with Crippen LogP contribution in [-0.2, 0) is 22.7 Å². The second kappa shape index (κ2) is 12.0. The van der Waals surface area contributed by atoms with Gasteiger partial charge in [-0.2, -0.15) is 26.3 Å². The van der Waals surface area contributed by atoms with Crippen molar-refractivity contribution in [1.82, 2.24) is 19.9 Å². The third-order valence-electron chi connectivity index (χ3n) is 5.53. The molecule has 36 heavy (non-hydrogen) atoms. The monoisotopic (exact) mass is 546 g/mol. The quantitative estimate of drug-likeness (QED) is 0.555. The van der Waals surface area contributed by atoms with Gasteiger partial charge in [0.05, 0.1) is 12.2 Å². The highest BCUT2D eigenvalue weighted by Crippen LogP contribution is 2.33. The minimum Gasteiger partial charge on any atom is -0.475 e. The Balaban J connectivity index is 0.000000271. The van der Waals surface area contributed by atoms with Gasteiger partial charge in [-0.05, 0) is 25.7 Å². The number of fused-ring (bicyclic) bond motifs is 1. The van der Waals surface area contributed by atoms with Crippen molar-refractivity contribution in [3.05, 3.63) is 33.6 Å². The molecule has 0 aliphatic carbocycles. The molecule has 0 unspecified atom stereocenters. The Morgan fingerprint density at radius 3 is 1.75 bits per heavy atom. The minimum absolute atomic E-state index is 0.806. The summed E-state index contributed by atoms with van der Waals surface area (Å²) < 4.78 is 68.8. The maximum atomic E-state index is 10.6. The second-order valence-electron chi connectivity index (χ2n) is 8.24. The number of nitrogens with zero attached hydrogens (tertiary/aromatic N) is 4. The van der Waals surface area contributed by atoms with E-state index in [-0.39, 0.29) is 0 Å². The van der Waals surface area contributed by atoms with Gasteiger partial charge >= 0.3 is 24.3 Å². The number of halogens is 6. The summed E-state index contributed by atoms with van der Waals surface area (Å²) in [5.41, 5.74) is 2.32. The Kier molecular flexibility index (Phi) is 9.85. The first-order valence-electron chi connectivity index (χ1n) is 10.4. The number of carboxylic acids is 2. The Hall–Kier alpha value is -2.72. The van der Waals surface area contributed by atoms with Crippen LogP contribution in [-0.4, -0.2) is 80.6 Å². The van der Waals surface area contributed by atoms with Crippen molar-refractivity contribution in [2.24, 2.45) is 11.8 Å². The first-order chi connectivity index (χ1) is 16.6. The molecule has 2 N–H and O–H groups in total. The van der Waals surface area contributed by atoms with Crippen LogP contribution in [0.4, 0.5) is 26.3 Å². The Morgan fingerprint density at radius 1 is 0.972 bits per heavy atom. The highest BCUT2D eigenvalue weighted by molar-refractivity contribution is 7.09. The fourth-order valence-corrected chi connectivity index (χ4v) is 4.58. The van der Waals surface area contributed by atoms with Crippen LogP contribution in [0, 0.1) is 25.7 Å². The van der Waals surface area contributed by atoms with Crippen LogP contribution in [0.25, 0.3) is 0 Å². The molecule has 16 heteroatoms. The van der Waals surface area contributed by atoms with E-state index in [0.717, 1.165) is 36.4 Å². The number of hydrogen-bond acceptors (Lipinski definition) is 8. The summed E-state index contributed by atoms with van der Waals surface area (Å²) >= 11 is 1.76. The summed E-state index contributed by atoms with van der Waals surface area (Å²) in [5.74, 6) is -2.93. The van der Waals surface area contributed by atoms with E-state index in [1.54, 1.807) is 11.3 Å². The number of alkyl halides is 6. The largest absolute Gasteiger partial charge is 0.490 e. The Labute approximate surface area is 205 Å². The van der Waals surface area contributed by atoms with E-state index < -0.39 is 24.3 Å². The lowest BCUT2D eigenvalue weighted by molar-refractivity contribution is -0.193. The molecule has 4 rings (SSSR count). The van der Waals surface area contributed by atoms with Crippen molar-refractivity contribution in [2.75, 3.05) is 26.2 Å². The zero-order valence-corrected chi connectivity index (χ0v) is 20.0. The number of carboxylic acid groups (broad SMARTS) is 2. The third-order valence-corrected chi connectivity index (χ3v) is 6.29. The molecule has 0 amide bonds. The van der Waals surface area contributed by atoms with Gasteiger partial charge < -0.3 is 14.7 Å². The molecule has 4 heterocycles. The number of thiazole rings is 1. The van der Waals surface area contributed by atoms with Crippen LogP contribution in [0.3, 0.4) is 0 Å². The molecule has 0 spiro atoms. The number of aryl methyl sites for hydroxylation is 2. The highest BCUT2D eigenvalue weighted by atomic mass is 32.1. The van der Waals surface area contributed by atoms with E-state index in [1.165, 1.54) is 36.8 Å². The number of rotatable bonds is 4. The molecule has 0 aromatic carbocycles. The average Bonchev–Trinajstić information content (AvgIpc) is 3.51. The number of likely N-dealkylation sites (tertiary alicyclic amines) is 2. The SMILES string of the molecule is Cc1noc(C)c1CN1C[C@H]2CN(Cc3nccs3)C[C@H]2C1.O=C(O)C(F)(F)F.O=C(O)C(F)(F)F. The number of aliphatic carboxylic acids is 2.